The SMILES string of the molecule is CC[C@@H](CO)NC(=O)c1cc2c(n(-c3ccc(Cl)cc3)c1=O)CC(C)(C)CC2=O. The predicted molar refractivity (Wildman–Crippen MR) is 112 cm³/mol. The Morgan fingerprint density at radius 1 is 1.24 bits per heavy atom. The zero-order valence-corrected chi connectivity index (χ0v) is 17.5. The Hall–Kier alpha value is -2.44. The van der Waals surface area contributed by atoms with Crippen molar-refractivity contribution in [2.24, 2.45) is 5.41 Å². The first-order chi connectivity index (χ1) is 13.7. The van der Waals surface area contributed by atoms with Gasteiger partial charge in [-0.25, -0.2) is 0 Å². The second-order valence-corrected chi connectivity index (χ2v) is 8.67. The topological polar surface area (TPSA) is 88.4 Å². The molecule has 0 saturated carbocycles. The Labute approximate surface area is 174 Å². The molecule has 1 aliphatic rings. The molecule has 0 aliphatic heterocycles. The van der Waals surface area contributed by atoms with Crippen LogP contribution in [0.4, 0.5) is 0 Å². The van der Waals surface area contributed by atoms with E-state index in [0.29, 0.717) is 41.2 Å². The van der Waals surface area contributed by atoms with Crippen molar-refractivity contribution in [2.45, 2.75) is 46.1 Å². The van der Waals surface area contributed by atoms with Gasteiger partial charge in [0.05, 0.1) is 12.6 Å². The lowest BCUT2D eigenvalue weighted by atomic mass is 9.75. The van der Waals surface area contributed by atoms with Gasteiger partial charge in [0.15, 0.2) is 5.78 Å². The predicted octanol–water partition coefficient (Wildman–Crippen LogP) is 3.15. The molecule has 0 spiro atoms. The second kappa shape index (κ2) is 8.13. The monoisotopic (exact) mass is 416 g/mol. The zero-order valence-electron chi connectivity index (χ0n) is 16.8. The summed E-state index contributed by atoms with van der Waals surface area (Å²) in [4.78, 5) is 39.0. The number of nitrogens with zero attached hydrogens (tertiary/aromatic N) is 1. The normalized spacial score (nSPS) is 16.2. The highest BCUT2D eigenvalue weighted by molar-refractivity contribution is 6.30. The number of amides is 1. The molecule has 154 valence electrons. The van der Waals surface area contributed by atoms with Gasteiger partial charge in [0.25, 0.3) is 11.5 Å². The third-order valence-corrected chi connectivity index (χ3v) is 5.52. The molecule has 0 fully saturated rings. The molecule has 2 N–H and O–H groups in total. The molecular formula is C22H25ClN2O4. The lowest BCUT2D eigenvalue weighted by Crippen LogP contribution is -2.42. The quantitative estimate of drug-likeness (QED) is 0.783. The Morgan fingerprint density at radius 2 is 1.90 bits per heavy atom. The van der Waals surface area contributed by atoms with Gasteiger partial charge in [-0.2, -0.15) is 0 Å². The minimum Gasteiger partial charge on any atom is -0.394 e. The van der Waals surface area contributed by atoms with Crippen LogP contribution in [0.1, 0.15) is 60.0 Å². The molecule has 1 aromatic carbocycles. The minimum atomic E-state index is -0.598. The first-order valence-corrected chi connectivity index (χ1v) is 10.0. The molecule has 29 heavy (non-hydrogen) atoms. The van der Waals surface area contributed by atoms with Crippen LogP contribution in [0.25, 0.3) is 5.69 Å². The first-order valence-electron chi connectivity index (χ1n) is 9.66. The summed E-state index contributed by atoms with van der Waals surface area (Å²) in [5.41, 5.74) is 0.634. The van der Waals surface area contributed by atoms with E-state index in [1.165, 1.54) is 10.6 Å². The summed E-state index contributed by atoms with van der Waals surface area (Å²) >= 11 is 5.99. The molecule has 1 aliphatic carbocycles. The van der Waals surface area contributed by atoms with Gasteiger partial charge in [-0.1, -0.05) is 32.4 Å². The number of aromatic nitrogens is 1. The number of Topliss-reactive ketones (excluding diaryl/α,β-unsaturated/α-hetero) is 1. The molecule has 0 bridgehead atoms. The van der Waals surface area contributed by atoms with Gasteiger partial charge in [-0.05, 0) is 48.6 Å². The standard InChI is InChI=1S/C22H25ClN2O4/c1-4-14(12-26)24-20(28)17-9-16-18(10-22(2,3)11-19(16)27)25(21(17)29)15-7-5-13(23)6-8-15/h5-9,14,26H,4,10-12H2,1-3H3,(H,24,28)/t14-/m0/s1. The molecule has 7 heteroatoms. The Kier molecular flexibility index (Phi) is 5.96. The molecule has 1 atom stereocenters. The number of aliphatic hydroxyl groups excluding tert-OH is 1. The van der Waals surface area contributed by atoms with Crippen molar-refractivity contribution < 1.29 is 14.7 Å². The van der Waals surface area contributed by atoms with E-state index in [1.54, 1.807) is 24.3 Å². The largest absolute Gasteiger partial charge is 0.394 e. The van der Waals surface area contributed by atoms with E-state index < -0.39 is 17.5 Å². The van der Waals surface area contributed by atoms with Crippen molar-refractivity contribution in [1.29, 1.82) is 0 Å². The number of carbonyl (C=O) groups excluding carboxylic acids is 2. The maximum Gasteiger partial charge on any atom is 0.268 e. The number of hydrogen-bond acceptors (Lipinski definition) is 4. The summed E-state index contributed by atoms with van der Waals surface area (Å²) in [6, 6.07) is 7.66. The summed E-state index contributed by atoms with van der Waals surface area (Å²) in [7, 11) is 0. The van der Waals surface area contributed by atoms with Crippen LogP contribution in [0.2, 0.25) is 5.02 Å². The number of ketones is 1. The van der Waals surface area contributed by atoms with Crippen LogP contribution in [-0.4, -0.2) is 34.0 Å². The molecule has 1 amide bonds. The molecular weight excluding hydrogens is 392 g/mol. The van der Waals surface area contributed by atoms with E-state index in [2.05, 4.69) is 5.32 Å². The van der Waals surface area contributed by atoms with Crippen molar-refractivity contribution in [2.75, 3.05) is 6.61 Å². The zero-order chi connectivity index (χ0) is 21.3. The van der Waals surface area contributed by atoms with Gasteiger partial charge in [0.1, 0.15) is 5.56 Å². The lowest BCUT2D eigenvalue weighted by Gasteiger charge is -2.32. The lowest BCUT2D eigenvalue weighted by molar-refractivity contribution is 0.0907. The molecule has 0 saturated heterocycles. The summed E-state index contributed by atoms with van der Waals surface area (Å²) in [6.45, 7) is 5.56. The smallest absolute Gasteiger partial charge is 0.268 e. The van der Waals surface area contributed by atoms with Crippen LogP contribution in [0.5, 0.6) is 0 Å². The molecule has 6 nitrogen and oxygen atoms in total. The van der Waals surface area contributed by atoms with Crippen molar-refractivity contribution in [3.05, 3.63) is 62.5 Å². The summed E-state index contributed by atoms with van der Waals surface area (Å²) in [5.74, 6) is -0.693. The highest BCUT2D eigenvalue weighted by Gasteiger charge is 2.35. The van der Waals surface area contributed by atoms with Crippen LogP contribution in [-0.2, 0) is 6.42 Å². The van der Waals surface area contributed by atoms with Crippen molar-refractivity contribution in [1.82, 2.24) is 9.88 Å². The fourth-order valence-corrected chi connectivity index (χ4v) is 3.81. The fourth-order valence-electron chi connectivity index (χ4n) is 3.68. The summed E-state index contributed by atoms with van der Waals surface area (Å²) < 4.78 is 1.44. The fraction of sp³-hybridized carbons (Fsp3) is 0.409. The Bertz CT molecular complexity index is 1000. The first kappa shape index (κ1) is 21.3. The van der Waals surface area contributed by atoms with Crippen molar-refractivity contribution in [3.63, 3.8) is 0 Å². The summed E-state index contributed by atoms with van der Waals surface area (Å²) in [5, 5.41) is 12.6. The second-order valence-electron chi connectivity index (χ2n) is 8.24. The molecule has 2 aromatic rings. The maximum absolute atomic E-state index is 13.3. The van der Waals surface area contributed by atoms with Crippen LogP contribution in [0, 0.1) is 5.41 Å². The van der Waals surface area contributed by atoms with E-state index >= 15 is 0 Å². The van der Waals surface area contributed by atoms with Gasteiger partial charge in [0, 0.05) is 28.4 Å². The highest BCUT2D eigenvalue weighted by Crippen LogP contribution is 2.35. The molecule has 0 radical (unpaired) electrons. The van der Waals surface area contributed by atoms with Crippen LogP contribution < -0.4 is 10.9 Å². The number of aliphatic hydroxyl groups is 1. The average Bonchev–Trinajstić information content (AvgIpc) is 2.66. The van der Waals surface area contributed by atoms with E-state index in [0.717, 1.165) is 0 Å². The number of rotatable bonds is 5. The maximum atomic E-state index is 13.3. The summed E-state index contributed by atoms with van der Waals surface area (Å²) in [6.07, 6.45) is 1.39. The number of fused-ring (bicyclic) bond motifs is 1. The van der Waals surface area contributed by atoms with Crippen LogP contribution >= 0.6 is 11.6 Å². The molecule has 0 unspecified atom stereocenters. The van der Waals surface area contributed by atoms with Gasteiger partial charge < -0.3 is 10.4 Å². The highest BCUT2D eigenvalue weighted by atomic mass is 35.5. The van der Waals surface area contributed by atoms with Gasteiger partial charge in [-0.15, -0.1) is 0 Å². The Morgan fingerprint density at radius 3 is 2.48 bits per heavy atom. The number of pyridine rings is 1. The number of halogens is 1. The number of hydrogen-bond donors (Lipinski definition) is 2. The molecule has 3 rings (SSSR count). The van der Waals surface area contributed by atoms with Gasteiger partial charge in [0.2, 0.25) is 0 Å². The van der Waals surface area contributed by atoms with Gasteiger partial charge >= 0.3 is 0 Å². The minimum absolute atomic E-state index is 0.0952. The van der Waals surface area contributed by atoms with E-state index in [9.17, 15) is 19.5 Å². The van der Waals surface area contributed by atoms with E-state index in [1.807, 2.05) is 20.8 Å². The number of benzene rings is 1. The van der Waals surface area contributed by atoms with E-state index in [-0.39, 0.29) is 23.4 Å². The third kappa shape index (κ3) is 4.28. The number of carbonyl (C=O) groups is 2. The number of nitrogens with one attached hydrogen (secondary N) is 1. The van der Waals surface area contributed by atoms with Crippen LogP contribution in [0.15, 0.2) is 35.1 Å². The molecule has 1 heterocycles. The van der Waals surface area contributed by atoms with E-state index in [4.69, 9.17) is 11.6 Å². The van der Waals surface area contributed by atoms with Crippen molar-refractivity contribution >= 4 is 23.3 Å². The molecule has 1 aromatic heterocycles. The van der Waals surface area contributed by atoms with Crippen LogP contribution in [0.3, 0.4) is 0 Å². The third-order valence-electron chi connectivity index (χ3n) is 5.27. The van der Waals surface area contributed by atoms with Crippen molar-refractivity contribution in [3.8, 4) is 5.69 Å². The Balaban J connectivity index is 2.23. The average molecular weight is 417 g/mol. The van der Waals surface area contributed by atoms with Gasteiger partial charge in [-0.3, -0.25) is 19.0 Å².